The number of rotatable bonds is 10. The van der Waals surface area contributed by atoms with Gasteiger partial charge in [-0.05, 0) is 41.0 Å². The van der Waals surface area contributed by atoms with Crippen LogP contribution in [0.4, 0.5) is 0 Å². The smallest absolute Gasteiger partial charge is 0.325 e. The second-order valence-corrected chi connectivity index (χ2v) is 14.6. The van der Waals surface area contributed by atoms with Crippen LogP contribution in [0.3, 0.4) is 0 Å². The Kier molecular flexibility index (Phi) is 9.22. The monoisotopic (exact) mass is 629 g/mol. The summed E-state index contributed by atoms with van der Waals surface area (Å²) in [5.41, 5.74) is 0.682. The van der Waals surface area contributed by atoms with Crippen molar-refractivity contribution in [3.8, 4) is 0 Å². The van der Waals surface area contributed by atoms with Gasteiger partial charge in [0.2, 0.25) is 9.70 Å². The van der Waals surface area contributed by atoms with E-state index >= 15 is 0 Å². The number of nitrogens with one attached hydrogen (secondary N) is 1. The maximum Gasteiger partial charge on any atom is 0.325 e. The number of benzene rings is 2. The number of fused-ring (bicyclic) bond motifs is 1. The Bertz CT molecular complexity index is 1330. The summed E-state index contributed by atoms with van der Waals surface area (Å²) >= 11 is 18.6. The number of esters is 1. The van der Waals surface area contributed by atoms with Gasteiger partial charge in [0.15, 0.2) is 9.88 Å². The van der Waals surface area contributed by atoms with Crippen LogP contribution in [-0.2, 0) is 25.5 Å². The number of nitrogens with zero attached hydrogens (tertiary/aromatic N) is 2. The van der Waals surface area contributed by atoms with Gasteiger partial charge >= 0.3 is 5.97 Å². The number of hydrogen-bond acceptors (Lipinski definition) is 8. The van der Waals surface area contributed by atoms with E-state index in [4.69, 9.17) is 39.5 Å². The van der Waals surface area contributed by atoms with E-state index in [1.807, 2.05) is 54.6 Å². The molecule has 2 unspecified atom stereocenters. The minimum Gasteiger partial charge on any atom is -0.460 e. The molecular weight excluding hydrogens is 609 g/mol. The highest BCUT2D eigenvalue weighted by molar-refractivity contribution is 8.77. The molecule has 0 bridgehead atoms. The van der Waals surface area contributed by atoms with Crippen molar-refractivity contribution < 1.29 is 19.1 Å². The zero-order valence-electron chi connectivity index (χ0n) is 20.0. The fourth-order valence-corrected chi connectivity index (χ4v) is 8.26. The molecule has 2 amide bonds. The van der Waals surface area contributed by atoms with Crippen molar-refractivity contribution in [1.82, 2.24) is 15.2 Å². The van der Waals surface area contributed by atoms with Gasteiger partial charge in [0.25, 0.3) is 5.91 Å². The Balaban J connectivity index is 1.56. The van der Waals surface area contributed by atoms with Crippen LogP contribution in [0, 0.1) is 0 Å². The number of carbonyl (C=O) groups excluding carboxylic acids is 3. The summed E-state index contributed by atoms with van der Waals surface area (Å²) in [4.78, 5) is 45.0. The molecule has 2 atom stereocenters. The summed E-state index contributed by atoms with van der Waals surface area (Å²) < 4.78 is 5.04. The SMILES string of the molecule is C=C(C)C1(NC(=O)Cc2ccccc2)C(=O)N(CC(=O)OCC(Cl)(Cl)Cl)C1SSc1nc2ccccc2s1. The van der Waals surface area contributed by atoms with Crippen LogP contribution in [0.1, 0.15) is 12.5 Å². The first-order chi connectivity index (χ1) is 18.0. The minimum atomic E-state index is -1.78. The third-order valence-electron chi connectivity index (χ3n) is 5.65. The number of alkyl halides is 3. The Morgan fingerprint density at radius 3 is 2.53 bits per heavy atom. The molecule has 1 N–H and O–H groups in total. The number of ether oxygens (including phenoxy) is 1. The van der Waals surface area contributed by atoms with Gasteiger partial charge in [0.05, 0.1) is 16.6 Å². The van der Waals surface area contributed by atoms with Crippen molar-refractivity contribution >= 4 is 95.7 Å². The second-order valence-electron chi connectivity index (χ2n) is 8.49. The Morgan fingerprint density at radius 2 is 1.87 bits per heavy atom. The molecule has 0 radical (unpaired) electrons. The zero-order valence-corrected chi connectivity index (χ0v) is 24.7. The standard InChI is InChI=1S/C25H22Cl3N3O4S3/c1-15(2)25(30-19(32)12-16-8-4-3-5-9-16)21(34)31(13-20(33)35-14-24(26,27)28)22(25)37-38-23-29-17-10-6-7-11-18(17)36-23/h3-11,22H,1,12-14H2,2H3,(H,30,32). The Labute approximate surface area is 246 Å². The van der Waals surface area contributed by atoms with E-state index < -0.39 is 33.2 Å². The van der Waals surface area contributed by atoms with E-state index in [0.29, 0.717) is 5.57 Å². The van der Waals surface area contributed by atoms with Gasteiger partial charge in [-0.15, -0.1) is 11.3 Å². The van der Waals surface area contributed by atoms with Gasteiger partial charge in [0.1, 0.15) is 18.5 Å². The average Bonchev–Trinajstić information content (AvgIpc) is 3.28. The summed E-state index contributed by atoms with van der Waals surface area (Å²) in [5, 5.41) is 2.23. The van der Waals surface area contributed by atoms with Gasteiger partial charge in [-0.1, -0.05) is 94.6 Å². The lowest BCUT2D eigenvalue weighted by Crippen LogP contribution is -2.80. The molecule has 38 heavy (non-hydrogen) atoms. The highest BCUT2D eigenvalue weighted by Gasteiger charge is 2.63. The van der Waals surface area contributed by atoms with Gasteiger partial charge < -0.3 is 15.0 Å². The normalized spacial score (nSPS) is 19.2. The predicted octanol–water partition coefficient (Wildman–Crippen LogP) is 5.79. The Morgan fingerprint density at radius 1 is 1.18 bits per heavy atom. The number of likely N-dealkylation sites (tertiary alicyclic amines) is 1. The summed E-state index contributed by atoms with van der Waals surface area (Å²) in [6, 6.07) is 16.9. The number of amides is 2. The van der Waals surface area contributed by atoms with E-state index in [1.54, 1.807) is 6.92 Å². The molecule has 7 nitrogen and oxygen atoms in total. The molecule has 1 saturated heterocycles. The van der Waals surface area contributed by atoms with Crippen LogP contribution in [-0.4, -0.2) is 55.5 Å². The van der Waals surface area contributed by atoms with E-state index in [1.165, 1.54) is 37.8 Å². The van der Waals surface area contributed by atoms with Gasteiger partial charge in [-0.3, -0.25) is 14.4 Å². The number of hydrogen-bond donors (Lipinski definition) is 1. The van der Waals surface area contributed by atoms with E-state index in [9.17, 15) is 14.4 Å². The number of thiazole rings is 1. The molecule has 0 aliphatic carbocycles. The molecule has 1 aliphatic rings. The molecule has 2 aromatic carbocycles. The summed E-state index contributed by atoms with van der Waals surface area (Å²) in [6.45, 7) is 4.84. The van der Waals surface area contributed by atoms with Crippen LogP contribution >= 0.6 is 67.7 Å². The minimum absolute atomic E-state index is 0.0802. The van der Waals surface area contributed by atoms with Crippen LogP contribution < -0.4 is 5.32 Å². The lowest BCUT2D eigenvalue weighted by molar-refractivity contribution is -0.163. The largest absolute Gasteiger partial charge is 0.460 e. The Hall–Kier alpha value is -1.95. The maximum atomic E-state index is 13.5. The maximum absolute atomic E-state index is 13.5. The average molecular weight is 631 g/mol. The molecule has 2 heterocycles. The quantitative estimate of drug-likeness (QED) is 0.0997. The third-order valence-corrected chi connectivity index (χ3v) is 10.1. The highest BCUT2D eigenvalue weighted by Crippen LogP contribution is 2.50. The molecule has 0 spiro atoms. The third kappa shape index (κ3) is 6.60. The van der Waals surface area contributed by atoms with E-state index in [0.717, 1.165) is 20.1 Å². The van der Waals surface area contributed by atoms with Gasteiger partial charge in [-0.2, -0.15) is 0 Å². The molecule has 13 heteroatoms. The molecule has 1 fully saturated rings. The van der Waals surface area contributed by atoms with E-state index in [-0.39, 0.29) is 18.9 Å². The number of β-lactam (4-membered cyclic amide) rings is 1. The molecule has 0 saturated carbocycles. The van der Waals surface area contributed by atoms with Gasteiger partial charge in [-0.25, -0.2) is 4.98 Å². The molecule has 1 aliphatic heterocycles. The first-order valence-corrected chi connectivity index (χ1v) is 15.4. The molecule has 3 aromatic rings. The fraction of sp³-hybridized carbons (Fsp3) is 0.280. The zero-order chi connectivity index (χ0) is 27.5. The fourth-order valence-electron chi connectivity index (χ4n) is 3.87. The molecule has 4 rings (SSSR count). The first kappa shape index (κ1) is 29.0. The first-order valence-electron chi connectivity index (χ1n) is 11.2. The van der Waals surface area contributed by atoms with Crippen LogP contribution in [0.5, 0.6) is 0 Å². The van der Waals surface area contributed by atoms with Crippen molar-refractivity contribution in [2.75, 3.05) is 13.2 Å². The lowest BCUT2D eigenvalue weighted by atomic mass is 9.81. The van der Waals surface area contributed by atoms with Crippen molar-refractivity contribution in [3.05, 3.63) is 72.3 Å². The lowest BCUT2D eigenvalue weighted by Gasteiger charge is -2.55. The topological polar surface area (TPSA) is 88.6 Å². The predicted molar refractivity (Wildman–Crippen MR) is 156 cm³/mol. The highest BCUT2D eigenvalue weighted by atomic mass is 35.6. The molecule has 200 valence electrons. The van der Waals surface area contributed by atoms with E-state index in [2.05, 4.69) is 16.9 Å². The number of carbonyl (C=O) groups is 3. The molecular formula is C25H22Cl3N3O4S3. The summed E-state index contributed by atoms with van der Waals surface area (Å²) in [5.74, 6) is -1.56. The van der Waals surface area contributed by atoms with Gasteiger partial charge in [0, 0.05) is 0 Å². The van der Waals surface area contributed by atoms with Crippen molar-refractivity contribution in [1.29, 1.82) is 0 Å². The molecule has 1 aromatic heterocycles. The number of halogens is 3. The van der Waals surface area contributed by atoms with Crippen LogP contribution in [0.15, 0.2) is 71.1 Å². The van der Waals surface area contributed by atoms with Crippen molar-refractivity contribution in [2.24, 2.45) is 0 Å². The van der Waals surface area contributed by atoms with Crippen molar-refractivity contribution in [3.63, 3.8) is 0 Å². The number of aromatic nitrogens is 1. The van der Waals surface area contributed by atoms with Crippen LogP contribution in [0.25, 0.3) is 10.2 Å². The summed E-state index contributed by atoms with van der Waals surface area (Å²) in [7, 11) is 2.65. The van der Waals surface area contributed by atoms with Crippen molar-refractivity contribution in [2.45, 2.75) is 32.4 Å². The second kappa shape index (κ2) is 12.1. The summed E-state index contributed by atoms with van der Waals surface area (Å²) in [6.07, 6.45) is 0.0802. The van der Waals surface area contributed by atoms with Crippen LogP contribution in [0.2, 0.25) is 0 Å². The number of para-hydroxylation sites is 1.